The van der Waals surface area contributed by atoms with Crippen LogP contribution in [-0.2, 0) is 12.4 Å². The Morgan fingerprint density at radius 2 is 1.68 bits per heavy atom. The second-order valence-corrected chi connectivity index (χ2v) is 6.91. The van der Waals surface area contributed by atoms with E-state index < -0.39 is 46.8 Å². The zero-order valence-corrected chi connectivity index (χ0v) is 14.6. The summed E-state index contributed by atoms with van der Waals surface area (Å²) in [5.41, 5.74) is -2.45. The smallest absolute Gasteiger partial charge is 0.294 e. The Bertz CT molecular complexity index is 858. The van der Waals surface area contributed by atoms with Gasteiger partial charge in [-0.1, -0.05) is 24.6 Å². The van der Waals surface area contributed by atoms with Crippen molar-refractivity contribution >= 4 is 5.78 Å². The normalized spacial score (nSPS) is 20.4. The van der Waals surface area contributed by atoms with Gasteiger partial charge in [-0.25, -0.2) is 0 Å². The van der Waals surface area contributed by atoms with Crippen LogP contribution in [0.2, 0.25) is 0 Å². The third-order valence-electron chi connectivity index (χ3n) is 5.15. The highest BCUT2D eigenvalue weighted by atomic mass is 19.4. The second kappa shape index (κ2) is 7.56. The molecule has 150 valence electrons. The van der Waals surface area contributed by atoms with Crippen LogP contribution < -0.4 is 0 Å². The summed E-state index contributed by atoms with van der Waals surface area (Å²) < 4.78 is 79.3. The first-order chi connectivity index (χ1) is 13.1. The van der Waals surface area contributed by atoms with Gasteiger partial charge in [0.05, 0.1) is 5.56 Å². The Morgan fingerprint density at radius 1 is 0.964 bits per heavy atom. The predicted molar refractivity (Wildman–Crippen MR) is 89.7 cm³/mol. The number of alkyl halides is 6. The molecule has 0 saturated heterocycles. The number of aromatic nitrogens is 1. The lowest BCUT2D eigenvalue weighted by Gasteiger charge is -2.23. The predicted octanol–water partition coefficient (Wildman–Crippen LogP) is 6.28. The van der Waals surface area contributed by atoms with Gasteiger partial charge in [0.25, 0.3) is 0 Å². The van der Waals surface area contributed by atoms with Gasteiger partial charge in [-0.15, -0.1) is 0 Å². The van der Waals surface area contributed by atoms with Crippen LogP contribution in [0.5, 0.6) is 0 Å². The Hall–Kier alpha value is -2.38. The molecule has 2 nitrogen and oxygen atoms in total. The van der Waals surface area contributed by atoms with E-state index in [9.17, 15) is 31.1 Å². The topological polar surface area (TPSA) is 30.0 Å². The maximum atomic E-state index is 13.3. The number of hydrogen-bond acceptors (Lipinski definition) is 2. The maximum Gasteiger partial charge on any atom is 0.434 e. The molecule has 1 aliphatic rings. The lowest BCUT2D eigenvalue weighted by molar-refractivity contribution is -0.141. The average molecular weight is 401 g/mol. The monoisotopic (exact) mass is 401 g/mol. The number of halogens is 6. The summed E-state index contributed by atoms with van der Waals surface area (Å²) >= 11 is 0. The number of rotatable bonds is 4. The standard InChI is InChI=1S/C20H17F6NO/c21-19(22,23)16-9-2-1-6-14(16)13-7-3-5-12(13)11-17(28)15-8-4-10-27-18(15)20(24,25)26/h1-2,4,6,8-10,12-13H,3,5,7,11H2/t12-,13-/m0/s1. The van der Waals surface area contributed by atoms with E-state index in [1.54, 1.807) is 0 Å². The van der Waals surface area contributed by atoms with E-state index in [0.717, 1.165) is 18.3 Å². The summed E-state index contributed by atoms with van der Waals surface area (Å²) in [6, 6.07) is 7.49. The molecule has 0 N–H and O–H groups in total. The summed E-state index contributed by atoms with van der Waals surface area (Å²) in [6.07, 6.45) is -7.02. The van der Waals surface area contributed by atoms with Crippen LogP contribution in [0.4, 0.5) is 26.3 Å². The number of benzene rings is 1. The van der Waals surface area contributed by atoms with Gasteiger partial charge in [0, 0.05) is 18.2 Å². The molecule has 1 heterocycles. The number of hydrogen-bond donors (Lipinski definition) is 0. The van der Waals surface area contributed by atoms with E-state index in [1.807, 2.05) is 0 Å². The summed E-state index contributed by atoms with van der Waals surface area (Å²) in [7, 11) is 0. The molecule has 0 radical (unpaired) electrons. The second-order valence-electron chi connectivity index (χ2n) is 6.91. The highest BCUT2D eigenvalue weighted by molar-refractivity contribution is 5.97. The molecule has 8 heteroatoms. The fourth-order valence-corrected chi connectivity index (χ4v) is 3.97. The van der Waals surface area contributed by atoms with E-state index in [4.69, 9.17) is 0 Å². The van der Waals surface area contributed by atoms with Gasteiger partial charge in [-0.05, 0) is 48.4 Å². The number of ketones is 1. The molecular formula is C20H17F6NO. The van der Waals surface area contributed by atoms with Gasteiger partial charge < -0.3 is 0 Å². The molecule has 1 aromatic heterocycles. The van der Waals surface area contributed by atoms with Crippen molar-refractivity contribution in [3.05, 3.63) is 65.0 Å². The van der Waals surface area contributed by atoms with Crippen molar-refractivity contribution in [2.75, 3.05) is 0 Å². The van der Waals surface area contributed by atoms with Crippen LogP contribution in [0.15, 0.2) is 42.6 Å². The van der Waals surface area contributed by atoms with Gasteiger partial charge in [0.15, 0.2) is 11.5 Å². The van der Waals surface area contributed by atoms with E-state index in [2.05, 4.69) is 4.98 Å². The number of Topliss-reactive ketones (excluding diaryl/α,β-unsaturated/α-hetero) is 1. The largest absolute Gasteiger partial charge is 0.434 e. The molecular weight excluding hydrogens is 384 g/mol. The first-order valence-electron chi connectivity index (χ1n) is 8.80. The molecule has 1 fully saturated rings. The first kappa shape index (κ1) is 20.4. The van der Waals surface area contributed by atoms with Gasteiger partial charge >= 0.3 is 12.4 Å². The van der Waals surface area contributed by atoms with Crippen LogP contribution >= 0.6 is 0 Å². The minimum atomic E-state index is -4.77. The fourth-order valence-electron chi connectivity index (χ4n) is 3.97. The summed E-state index contributed by atoms with van der Waals surface area (Å²) in [6.45, 7) is 0. The molecule has 28 heavy (non-hydrogen) atoms. The van der Waals surface area contributed by atoms with Gasteiger partial charge in [0.2, 0.25) is 0 Å². The quantitative estimate of drug-likeness (QED) is 0.446. The molecule has 0 spiro atoms. The average Bonchev–Trinajstić information content (AvgIpc) is 3.08. The van der Waals surface area contributed by atoms with Crippen LogP contribution in [0.1, 0.15) is 58.8 Å². The van der Waals surface area contributed by atoms with E-state index in [-0.39, 0.29) is 12.0 Å². The highest BCUT2D eigenvalue weighted by Crippen LogP contribution is 2.46. The Labute approximate surface area is 157 Å². The SMILES string of the molecule is O=C(C[C@@H]1CCC[C@@H]1c1ccccc1C(F)(F)F)c1cccnc1C(F)(F)F. The molecule has 2 atom stereocenters. The molecule has 1 aliphatic carbocycles. The maximum absolute atomic E-state index is 13.3. The molecule has 2 aromatic rings. The third-order valence-corrected chi connectivity index (χ3v) is 5.15. The summed E-state index contributed by atoms with van der Waals surface area (Å²) in [5, 5.41) is 0. The molecule has 3 rings (SSSR count). The Morgan fingerprint density at radius 3 is 2.36 bits per heavy atom. The third kappa shape index (κ3) is 4.20. The van der Waals surface area contributed by atoms with E-state index in [1.165, 1.54) is 24.3 Å². The number of carbonyl (C=O) groups excluding carboxylic acids is 1. The van der Waals surface area contributed by atoms with Gasteiger partial charge in [0.1, 0.15) is 0 Å². The number of pyridine rings is 1. The number of carbonyl (C=O) groups is 1. The minimum Gasteiger partial charge on any atom is -0.294 e. The Balaban J connectivity index is 1.88. The highest BCUT2D eigenvalue weighted by Gasteiger charge is 2.40. The van der Waals surface area contributed by atoms with Crippen LogP contribution in [-0.4, -0.2) is 10.8 Å². The van der Waals surface area contributed by atoms with Crippen molar-refractivity contribution in [3.63, 3.8) is 0 Å². The van der Waals surface area contributed by atoms with Crippen molar-refractivity contribution < 1.29 is 31.1 Å². The van der Waals surface area contributed by atoms with Crippen molar-refractivity contribution in [1.29, 1.82) is 0 Å². The lowest BCUT2D eigenvalue weighted by Crippen LogP contribution is -2.19. The minimum absolute atomic E-state index is 0.104. The first-order valence-corrected chi connectivity index (χ1v) is 8.80. The molecule has 1 saturated carbocycles. The zero-order valence-electron chi connectivity index (χ0n) is 14.6. The summed E-state index contributed by atoms with van der Waals surface area (Å²) in [5.74, 6) is -1.72. The van der Waals surface area contributed by atoms with E-state index >= 15 is 0 Å². The van der Waals surface area contributed by atoms with Gasteiger partial charge in [-0.2, -0.15) is 26.3 Å². The van der Waals surface area contributed by atoms with E-state index in [0.29, 0.717) is 19.3 Å². The lowest BCUT2D eigenvalue weighted by atomic mass is 9.82. The number of nitrogens with zero attached hydrogens (tertiary/aromatic N) is 1. The van der Waals surface area contributed by atoms with Crippen molar-refractivity contribution in [2.45, 2.75) is 44.0 Å². The van der Waals surface area contributed by atoms with Crippen molar-refractivity contribution in [1.82, 2.24) is 4.98 Å². The van der Waals surface area contributed by atoms with Crippen LogP contribution in [0.3, 0.4) is 0 Å². The summed E-state index contributed by atoms with van der Waals surface area (Å²) in [4.78, 5) is 15.8. The van der Waals surface area contributed by atoms with Crippen molar-refractivity contribution in [3.8, 4) is 0 Å². The molecule has 0 unspecified atom stereocenters. The molecule has 0 bridgehead atoms. The molecule has 0 aliphatic heterocycles. The van der Waals surface area contributed by atoms with Crippen molar-refractivity contribution in [2.24, 2.45) is 5.92 Å². The molecule has 1 aromatic carbocycles. The Kier molecular flexibility index (Phi) is 5.50. The fraction of sp³-hybridized carbons (Fsp3) is 0.400. The molecule has 0 amide bonds. The van der Waals surface area contributed by atoms with Crippen LogP contribution in [0, 0.1) is 5.92 Å². The zero-order chi connectivity index (χ0) is 20.5. The van der Waals surface area contributed by atoms with Crippen LogP contribution in [0.25, 0.3) is 0 Å². The van der Waals surface area contributed by atoms with Gasteiger partial charge in [-0.3, -0.25) is 9.78 Å².